The van der Waals surface area contributed by atoms with Crippen LogP contribution < -0.4 is 0 Å². The number of aliphatic carboxylic acids is 1. The minimum absolute atomic E-state index is 0.143. The molecule has 0 atom stereocenters. The average Bonchev–Trinajstić information content (AvgIpc) is 2.87. The molecule has 0 aliphatic rings. The highest BCUT2D eigenvalue weighted by Crippen LogP contribution is 2.36. The predicted octanol–water partition coefficient (Wildman–Crippen LogP) is 6.64. The van der Waals surface area contributed by atoms with E-state index in [9.17, 15) is 4.79 Å². The van der Waals surface area contributed by atoms with Crippen molar-refractivity contribution < 1.29 is 9.90 Å². The number of hydrogen-bond acceptors (Lipinski definition) is 4. The Morgan fingerprint density at radius 2 is 1.31 bits per heavy atom. The molecule has 0 unspecified atom stereocenters. The van der Waals surface area contributed by atoms with E-state index in [0.29, 0.717) is 13.1 Å². The summed E-state index contributed by atoms with van der Waals surface area (Å²) >= 11 is 0. The van der Waals surface area contributed by atoms with E-state index < -0.39 is 5.97 Å². The Labute approximate surface area is 211 Å². The summed E-state index contributed by atoms with van der Waals surface area (Å²) in [5.41, 5.74) is 9.51. The summed E-state index contributed by atoms with van der Waals surface area (Å²) in [6.45, 7) is 5.30. The highest BCUT2D eigenvalue weighted by Gasteiger charge is 2.14. The van der Waals surface area contributed by atoms with Gasteiger partial charge in [-0.05, 0) is 60.8 Å². The molecular formula is C31H29N3O2. The molecule has 2 aromatic heterocycles. The van der Waals surface area contributed by atoms with Gasteiger partial charge in [0.05, 0.1) is 17.5 Å². The average molecular weight is 476 g/mol. The van der Waals surface area contributed by atoms with Gasteiger partial charge in [-0.15, -0.1) is 0 Å². The molecule has 5 rings (SSSR count). The van der Waals surface area contributed by atoms with Crippen LogP contribution >= 0.6 is 0 Å². The van der Waals surface area contributed by atoms with E-state index in [4.69, 9.17) is 15.1 Å². The van der Waals surface area contributed by atoms with E-state index in [2.05, 4.69) is 72.8 Å². The number of aryl methyl sites for hydroxylation is 2. The van der Waals surface area contributed by atoms with Crippen LogP contribution in [0.1, 0.15) is 23.4 Å². The normalized spacial score (nSPS) is 11.4. The van der Waals surface area contributed by atoms with Crippen molar-refractivity contribution in [3.05, 3.63) is 95.8 Å². The summed E-state index contributed by atoms with van der Waals surface area (Å²) in [5, 5.41) is 11.1. The van der Waals surface area contributed by atoms with Crippen molar-refractivity contribution in [3.8, 4) is 22.3 Å². The predicted molar refractivity (Wildman–Crippen MR) is 146 cm³/mol. The van der Waals surface area contributed by atoms with Crippen LogP contribution in [0, 0.1) is 13.8 Å². The van der Waals surface area contributed by atoms with E-state index in [1.54, 1.807) is 0 Å². The molecule has 5 nitrogen and oxygen atoms in total. The summed E-state index contributed by atoms with van der Waals surface area (Å²) in [5.74, 6) is -0.773. The smallest absolute Gasteiger partial charge is 0.304 e. The third-order valence-corrected chi connectivity index (χ3v) is 6.52. The van der Waals surface area contributed by atoms with Crippen molar-refractivity contribution in [1.82, 2.24) is 14.9 Å². The van der Waals surface area contributed by atoms with Crippen molar-refractivity contribution in [2.24, 2.45) is 0 Å². The SMILES string of the molecule is Cc1cc(-c2ccccc2)c2ccc3c(-c4ccc(CN(C)CCC(=O)O)cc4)cc(C)nc3c2n1. The van der Waals surface area contributed by atoms with Crippen LogP contribution in [0.2, 0.25) is 0 Å². The second-order valence-electron chi connectivity index (χ2n) is 9.42. The first-order valence-corrected chi connectivity index (χ1v) is 12.2. The van der Waals surface area contributed by atoms with E-state index >= 15 is 0 Å². The molecular weight excluding hydrogens is 446 g/mol. The van der Waals surface area contributed by atoms with Gasteiger partial charge in [0.2, 0.25) is 0 Å². The molecule has 0 amide bonds. The topological polar surface area (TPSA) is 66.3 Å². The van der Waals surface area contributed by atoms with Gasteiger partial charge in [0.1, 0.15) is 0 Å². The van der Waals surface area contributed by atoms with Gasteiger partial charge in [0, 0.05) is 35.2 Å². The number of benzene rings is 3. The van der Waals surface area contributed by atoms with Crippen molar-refractivity contribution >= 4 is 27.8 Å². The van der Waals surface area contributed by atoms with Gasteiger partial charge < -0.3 is 10.0 Å². The molecule has 0 radical (unpaired) electrons. The zero-order valence-electron chi connectivity index (χ0n) is 20.8. The first kappa shape index (κ1) is 23.6. The maximum absolute atomic E-state index is 10.8. The Morgan fingerprint density at radius 3 is 1.83 bits per heavy atom. The van der Waals surface area contributed by atoms with Crippen molar-refractivity contribution in [2.45, 2.75) is 26.8 Å². The molecule has 3 aromatic carbocycles. The number of fused-ring (bicyclic) bond motifs is 3. The van der Waals surface area contributed by atoms with E-state index in [1.165, 1.54) is 11.1 Å². The Balaban J connectivity index is 1.57. The molecule has 36 heavy (non-hydrogen) atoms. The van der Waals surface area contributed by atoms with Crippen LogP contribution in [0.15, 0.2) is 78.9 Å². The fourth-order valence-corrected chi connectivity index (χ4v) is 4.79. The first-order chi connectivity index (χ1) is 17.4. The fraction of sp³-hybridized carbons (Fsp3) is 0.194. The van der Waals surface area contributed by atoms with Crippen LogP contribution in [0.4, 0.5) is 0 Å². The van der Waals surface area contributed by atoms with E-state index in [0.717, 1.165) is 49.9 Å². The lowest BCUT2D eigenvalue weighted by molar-refractivity contribution is -0.137. The summed E-state index contributed by atoms with van der Waals surface area (Å²) in [7, 11) is 1.94. The number of carboxylic acid groups (broad SMARTS) is 1. The number of hydrogen-bond donors (Lipinski definition) is 1. The molecule has 0 aliphatic carbocycles. The Bertz CT molecular complexity index is 1560. The number of aromatic nitrogens is 2. The largest absolute Gasteiger partial charge is 0.481 e. The molecule has 5 aromatic rings. The first-order valence-electron chi connectivity index (χ1n) is 12.2. The molecule has 2 heterocycles. The lowest BCUT2D eigenvalue weighted by atomic mass is 9.95. The fourth-order valence-electron chi connectivity index (χ4n) is 4.79. The second-order valence-corrected chi connectivity index (χ2v) is 9.42. The van der Waals surface area contributed by atoms with Crippen LogP contribution in [-0.4, -0.2) is 39.5 Å². The summed E-state index contributed by atoms with van der Waals surface area (Å²) < 4.78 is 0. The van der Waals surface area contributed by atoms with Crippen LogP contribution in [0.5, 0.6) is 0 Å². The molecule has 0 saturated carbocycles. The Hall–Kier alpha value is -4.09. The molecule has 180 valence electrons. The Morgan fingerprint density at radius 1 is 0.778 bits per heavy atom. The number of pyridine rings is 2. The zero-order valence-corrected chi connectivity index (χ0v) is 20.8. The lowest BCUT2D eigenvalue weighted by Crippen LogP contribution is -2.21. The molecule has 0 spiro atoms. The van der Waals surface area contributed by atoms with E-state index in [1.807, 2.05) is 31.9 Å². The van der Waals surface area contributed by atoms with E-state index in [-0.39, 0.29) is 6.42 Å². The summed E-state index contributed by atoms with van der Waals surface area (Å²) in [6, 6.07) is 27.5. The number of rotatable bonds is 7. The molecule has 0 saturated heterocycles. The maximum atomic E-state index is 10.8. The van der Waals surface area contributed by atoms with Crippen LogP contribution in [0.3, 0.4) is 0 Å². The third-order valence-electron chi connectivity index (χ3n) is 6.52. The second kappa shape index (κ2) is 9.88. The quantitative estimate of drug-likeness (QED) is 0.267. The van der Waals surface area contributed by atoms with Gasteiger partial charge in [-0.1, -0.05) is 66.7 Å². The van der Waals surface area contributed by atoms with Crippen LogP contribution in [0.25, 0.3) is 44.1 Å². The molecule has 5 heteroatoms. The minimum atomic E-state index is -0.773. The van der Waals surface area contributed by atoms with Crippen molar-refractivity contribution in [3.63, 3.8) is 0 Å². The van der Waals surface area contributed by atoms with Gasteiger partial charge >= 0.3 is 5.97 Å². The standard InChI is InChI=1S/C31H29N3O2/c1-20-17-27(23-7-5-4-6-8-23)25-13-14-26-28(18-21(2)33-31(26)30(25)32-20)24-11-9-22(10-12-24)19-34(3)16-15-29(35)36/h4-14,17-18H,15-16,19H2,1-3H3,(H,35,36). The van der Waals surface area contributed by atoms with Crippen molar-refractivity contribution in [2.75, 3.05) is 13.6 Å². The zero-order chi connectivity index (χ0) is 25.2. The maximum Gasteiger partial charge on any atom is 0.304 e. The minimum Gasteiger partial charge on any atom is -0.481 e. The summed E-state index contributed by atoms with van der Waals surface area (Å²) in [4.78, 5) is 22.7. The lowest BCUT2D eigenvalue weighted by Gasteiger charge is -2.16. The number of carbonyl (C=O) groups is 1. The molecule has 0 fully saturated rings. The van der Waals surface area contributed by atoms with Gasteiger partial charge in [0.15, 0.2) is 0 Å². The third kappa shape index (κ3) is 4.83. The van der Waals surface area contributed by atoms with Gasteiger partial charge in [-0.3, -0.25) is 14.8 Å². The van der Waals surface area contributed by atoms with Gasteiger partial charge in [-0.2, -0.15) is 0 Å². The highest BCUT2D eigenvalue weighted by molar-refractivity contribution is 6.12. The van der Waals surface area contributed by atoms with Gasteiger partial charge in [-0.25, -0.2) is 0 Å². The summed E-state index contributed by atoms with van der Waals surface area (Å²) in [6.07, 6.45) is 0.143. The number of carboxylic acids is 1. The molecule has 1 N–H and O–H groups in total. The highest BCUT2D eigenvalue weighted by atomic mass is 16.4. The van der Waals surface area contributed by atoms with Crippen molar-refractivity contribution in [1.29, 1.82) is 0 Å². The molecule has 0 aliphatic heterocycles. The Kier molecular flexibility index (Phi) is 6.49. The molecule has 0 bridgehead atoms. The van der Waals surface area contributed by atoms with Crippen LogP contribution in [-0.2, 0) is 11.3 Å². The number of nitrogens with zero attached hydrogens (tertiary/aromatic N) is 3. The monoisotopic (exact) mass is 475 g/mol. The van der Waals surface area contributed by atoms with Gasteiger partial charge in [0.25, 0.3) is 0 Å².